The normalized spacial score (nSPS) is 10.7. The smallest absolute Gasteiger partial charge is 0.138 e. The predicted octanol–water partition coefficient (Wildman–Crippen LogP) is 3.58. The van der Waals surface area contributed by atoms with E-state index in [1.165, 1.54) is 0 Å². The third kappa shape index (κ3) is 2.15. The molecule has 3 aromatic rings. The summed E-state index contributed by atoms with van der Waals surface area (Å²) in [5.74, 6) is 1.07. The average Bonchev–Trinajstić information content (AvgIpc) is 2.82. The van der Waals surface area contributed by atoms with Crippen molar-refractivity contribution in [2.75, 3.05) is 0 Å². The van der Waals surface area contributed by atoms with Crippen molar-refractivity contribution in [1.29, 1.82) is 0 Å². The molecule has 1 N–H and O–H groups in total. The minimum absolute atomic E-state index is 0.324. The number of aromatic hydroxyl groups is 1. The van der Waals surface area contributed by atoms with E-state index in [0.717, 1.165) is 20.7 Å². The molecule has 0 radical (unpaired) electrons. The molecule has 0 aliphatic carbocycles. The van der Waals surface area contributed by atoms with Gasteiger partial charge in [-0.1, -0.05) is 12.1 Å². The summed E-state index contributed by atoms with van der Waals surface area (Å²) in [6.45, 7) is 0.491. The summed E-state index contributed by atoms with van der Waals surface area (Å²) < 4.78 is 6.53. The Hall–Kier alpha value is -2.07. The van der Waals surface area contributed by atoms with Crippen molar-refractivity contribution in [2.24, 2.45) is 0 Å². The highest BCUT2D eigenvalue weighted by molar-refractivity contribution is 7.19. The van der Waals surface area contributed by atoms with Crippen LogP contribution in [0.15, 0.2) is 48.8 Å². The van der Waals surface area contributed by atoms with Gasteiger partial charge in [-0.05, 0) is 29.7 Å². The Balaban J connectivity index is 1.81. The molecule has 0 atom stereocenters. The fourth-order valence-corrected chi connectivity index (χ4v) is 2.74. The Kier molecular flexibility index (Phi) is 2.86. The van der Waals surface area contributed by atoms with Crippen molar-refractivity contribution >= 4 is 21.4 Å². The van der Waals surface area contributed by atoms with Crippen LogP contribution >= 0.6 is 11.3 Å². The number of phenols is 1. The van der Waals surface area contributed by atoms with Gasteiger partial charge in [-0.3, -0.25) is 4.98 Å². The monoisotopic (exact) mass is 257 g/mol. The number of pyridine rings is 1. The minimum atomic E-state index is 0.324. The first-order valence-corrected chi connectivity index (χ1v) is 6.38. The van der Waals surface area contributed by atoms with Gasteiger partial charge in [0.2, 0.25) is 0 Å². The molecule has 4 heteroatoms. The maximum absolute atomic E-state index is 9.73. The van der Waals surface area contributed by atoms with Crippen molar-refractivity contribution in [3.05, 3.63) is 53.7 Å². The number of thiophene rings is 1. The zero-order chi connectivity index (χ0) is 12.4. The van der Waals surface area contributed by atoms with Crippen molar-refractivity contribution in [2.45, 2.75) is 6.61 Å². The molecular formula is C14H11NO2S. The van der Waals surface area contributed by atoms with E-state index in [9.17, 15) is 5.11 Å². The number of rotatable bonds is 3. The molecule has 2 heterocycles. The summed E-state index contributed by atoms with van der Waals surface area (Å²) in [6, 6.07) is 11.3. The minimum Gasteiger partial charge on any atom is -0.506 e. The Labute approximate surface area is 108 Å². The van der Waals surface area contributed by atoms with E-state index in [1.54, 1.807) is 29.8 Å². The third-order valence-electron chi connectivity index (χ3n) is 2.59. The maximum Gasteiger partial charge on any atom is 0.138 e. The van der Waals surface area contributed by atoms with E-state index >= 15 is 0 Å². The Morgan fingerprint density at radius 1 is 1.22 bits per heavy atom. The Morgan fingerprint density at radius 2 is 2.17 bits per heavy atom. The average molecular weight is 257 g/mol. The van der Waals surface area contributed by atoms with Gasteiger partial charge in [-0.2, -0.15) is 0 Å². The van der Waals surface area contributed by atoms with E-state index in [1.807, 2.05) is 30.3 Å². The van der Waals surface area contributed by atoms with Gasteiger partial charge < -0.3 is 9.84 Å². The first-order chi connectivity index (χ1) is 8.83. The van der Waals surface area contributed by atoms with E-state index in [-0.39, 0.29) is 0 Å². The second-order valence-corrected chi connectivity index (χ2v) is 5.02. The van der Waals surface area contributed by atoms with E-state index in [2.05, 4.69) is 4.98 Å². The van der Waals surface area contributed by atoms with Crippen LogP contribution in [0.1, 0.15) is 4.88 Å². The molecule has 0 saturated carbocycles. The summed E-state index contributed by atoms with van der Waals surface area (Å²) in [6.07, 6.45) is 3.40. The topological polar surface area (TPSA) is 42.4 Å². The SMILES string of the molecule is Oc1cccc2cc(COc3cccnc3)sc12. The summed E-state index contributed by atoms with van der Waals surface area (Å²) in [5, 5.41) is 10.8. The van der Waals surface area contributed by atoms with Gasteiger partial charge in [0.15, 0.2) is 0 Å². The molecule has 2 aromatic heterocycles. The molecule has 0 bridgehead atoms. The van der Waals surface area contributed by atoms with Crippen LogP contribution in [0.25, 0.3) is 10.1 Å². The lowest BCUT2D eigenvalue weighted by atomic mass is 10.2. The highest BCUT2D eigenvalue weighted by Crippen LogP contribution is 2.33. The molecule has 0 unspecified atom stereocenters. The highest BCUT2D eigenvalue weighted by Gasteiger charge is 2.05. The molecule has 0 fully saturated rings. The van der Waals surface area contributed by atoms with Crippen LogP contribution < -0.4 is 4.74 Å². The molecule has 3 rings (SSSR count). The van der Waals surface area contributed by atoms with Crippen molar-refractivity contribution in [3.63, 3.8) is 0 Å². The second-order valence-electron chi connectivity index (χ2n) is 3.89. The summed E-state index contributed by atoms with van der Waals surface area (Å²) in [7, 11) is 0. The van der Waals surface area contributed by atoms with Crippen LogP contribution in [0.3, 0.4) is 0 Å². The summed E-state index contributed by atoms with van der Waals surface area (Å²) >= 11 is 1.55. The van der Waals surface area contributed by atoms with Crippen LogP contribution in [-0.2, 0) is 6.61 Å². The highest BCUT2D eigenvalue weighted by atomic mass is 32.1. The number of nitrogens with zero attached hydrogens (tertiary/aromatic N) is 1. The number of aromatic nitrogens is 1. The van der Waals surface area contributed by atoms with Gasteiger partial charge >= 0.3 is 0 Å². The van der Waals surface area contributed by atoms with Crippen molar-refractivity contribution < 1.29 is 9.84 Å². The van der Waals surface area contributed by atoms with Crippen LogP contribution in [0.2, 0.25) is 0 Å². The Bertz CT molecular complexity index is 664. The number of fused-ring (bicyclic) bond motifs is 1. The maximum atomic E-state index is 9.73. The third-order valence-corrected chi connectivity index (χ3v) is 3.74. The van der Waals surface area contributed by atoms with E-state index in [0.29, 0.717) is 12.4 Å². The molecule has 90 valence electrons. The molecule has 0 spiro atoms. The zero-order valence-electron chi connectivity index (χ0n) is 9.54. The molecule has 0 saturated heterocycles. The molecular weight excluding hydrogens is 246 g/mol. The van der Waals surface area contributed by atoms with E-state index < -0.39 is 0 Å². The molecule has 0 amide bonds. The number of hydrogen-bond acceptors (Lipinski definition) is 4. The molecule has 0 aliphatic rings. The van der Waals surface area contributed by atoms with Gasteiger partial charge in [0, 0.05) is 11.1 Å². The fourth-order valence-electron chi connectivity index (χ4n) is 1.76. The number of ether oxygens (including phenoxy) is 1. The second kappa shape index (κ2) is 4.66. The molecule has 0 aliphatic heterocycles. The number of hydrogen-bond donors (Lipinski definition) is 1. The number of phenolic OH excluding ortho intramolecular Hbond substituents is 1. The quantitative estimate of drug-likeness (QED) is 0.779. The van der Waals surface area contributed by atoms with Gasteiger partial charge in [0.25, 0.3) is 0 Å². The lowest BCUT2D eigenvalue weighted by Gasteiger charge is -2.02. The zero-order valence-corrected chi connectivity index (χ0v) is 10.4. The largest absolute Gasteiger partial charge is 0.506 e. The first kappa shape index (κ1) is 11.0. The van der Waals surface area contributed by atoms with Gasteiger partial charge in [0.1, 0.15) is 18.1 Å². The molecule has 1 aromatic carbocycles. The Morgan fingerprint density at radius 3 is 2.94 bits per heavy atom. The van der Waals surface area contributed by atoms with Crippen LogP contribution in [0.5, 0.6) is 11.5 Å². The van der Waals surface area contributed by atoms with Crippen LogP contribution in [0, 0.1) is 0 Å². The molecule has 18 heavy (non-hydrogen) atoms. The van der Waals surface area contributed by atoms with Gasteiger partial charge in [-0.15, -0.1) is 11.3 Å². The van der Waals surface area contributed by atoms with E-state index in [4.69, 9.17) is 4.74 Å². The van der Waals surface area contributed by atoms with Gasteiger partial charge in [0.05, 0.1) is 10.9 Å². The van der Waals surface area contributed by atoms with Crippen LogP contribution in [-0.4, -0.2) is 10.1 Å². The lowest BCUT2D eigenvalue weighted by molar-refractivity contribution is 0.308. The standard InChI is InChI=1S/C14H11NO2S/c16-13-5-1-3-10-7-12(18-14(10)13)9-17-11-4-2-6-15-8-11/h1-8,16H,9H2. The van der Waals surface area contributed by atoms with Crippen molar-refractivity contribution in [1.82, 2.24) is 4.98 Å². The summed E-state index contributed by atoms with van der Waals surface area (Å²) in [4.78, 5) is 5.07. The molecule has 3 nitrogen and oxygen atoms in total. The summed E-state index contributed by atoms with van der Waals surface area (Å²) in [5.41, 5.74) is 0. The lowest BCUT2D eigenvalue weighted by Crippen LogP contribution is -1.92. The number of benzene rings is 1. The van der Waals surface area contributed by atoms with Crippen molar-refractivity contribution in [3.8, 4) is 11.5 Å². The predicted molar refractivity (Wildman–Crippen MR) is 72.1 cm³/mol. The first-order valence-electron chi connectivity index (χ1n) is 5.56. The van der Waals surface area contributed by atoms with Crippen LogP contribution in [0.4, 0.5) is 0 Å². The fraction of sp³-hybridized carbons (Fsp3) is 0.0714. The van der Waals surface area contributed by atoms with Gasteiger partial charge in [-0.25, -0.2) is 0 Å².